The molecule has 0 aliphatic carbocycles. The van der Waals surface area contributed by atoms with E-state index in [1.165, 1.54) is 6.33 Å². The van der Waals surface area contributed by atoms with Crippen molar-refractivity contribution in [2.45, 2.75) is 6.42 Å². The van der Waals surface area contributed by atoms with Crippen LogP contribution in [0, 0.1) is 0 Å². The topological polar surface area (TPSA) is 64.3 Å². The van der Waals surface area contributed by atoms with Crippen LogP contribution in [-0.4, -0.2) is 39.8 Å². The Balaban J connectivity index is 1.92. The van der Waals surface area contributed by atoms with Gasteiger partial charge in [-0.15, -0.1) is 0 Å². The fraction of sp³-hybridized carbons (Fsp3) is 0.267. The summed E-state index contributed by atoms with van der Waals surface area (Å²) in [6.45, 7) is 1.53. The van der Waals surface area contributed by atoms with Crippen LogP contribution < -0.4 is 5.32 Å². The molecule has 3 aromatic rings. The van der Waals surface area contributed by atoms with Crippen molar-refractivity contribution in [3.8, 4) is 11.3 Å². The molecule has 2 heterocycles. The molecular formula is C15H17N5O. The average molecular weight is 283 g/mol. The Morgan fingerprint density at radius 2 is 2.10 bits per heavy atom. The minimum absolute atomic E-state index is 0.589. The van der Waals surface area contributed by atoms with Crippen molar-refractivity contribution in [1.82, 2.24) is 19.6 Å². The van der Waals surface area contributed by atoms with Crippen molar-refractivity contribution in [3.63, 3.8) is 0 Å². The van der Waals surface area contributed by atoms with E-state index >= 15 is 0 Å². The maximum atomic E-state index is 5.06. The summed E-state index contributed by atoms with van der Waals surface area (Å²) in [5.74, 6) is 1.47. The zero-order valence-electron chi connectivity index (χ0n) is 11.9. The zero-order valence-corrected chi connectivity index (χ0v) is 11.9. The van der Waals surface area contributed by atoms with Gasteiger partial charge in [0.05, 0.1) is 5.69 Å². The van der Waals surface area contributed by atoms with Crippen molar-refractivity contribution in [2.24, 2.45) is 0 Å². The second kappa shape index (κ2) is 6.32. The molecule has 0 aliphatic rings. The molecule has 21 heavy (non-hydrogen) atoms. The predicted octanol–water partition coefficient (Wildman–Crippen LogP) is 2.24. The second-order valence-electron chi connectivity index (χ2n) is 4.64. The lowest BCUT2D eigenvalue weighted by Gasteiger charge is -2.09. The van der Waals surface area contributed by atoms with Crippen LogP contribution in [0.15, 0.2) is 42.7 Å². The Kier molecular flexibility index (Phi) is 4.07. The summed E-state index contributed by atoms with van der Waals surface area (Å²) in [6, 6.07) is 12.0. The van der Waals surface area contributed by atoms with Crippen LogP contribution in [0.2, 0.25) is 0 Å². The number of ether oxygens (including phenoxy) is 1. The highest BCUT2D eigenvalue weighted by atomic mass is 16.5. The molecule has 0 amide bonds. The SMILES string of the molecule is COCCCNc1cc(-c2ccccc2)nc2ncnn12. The first-order valence-corrected chi connectivity index (χ1v) is 6.87. The van der Waals surface area contributed by atoms with Crippen molar-refractivity contribution in [1.29, 1.82) is 0 Å². The molecule has 0 fully saturated rings. The van der Waals surface area contributed by atoms with Gasteiger partial charge in [-0.3, -0.25) is 0 Å². The van der Waals surface area contributed by atoms with Gasteiger partial charge in [0.15, 0.2) is 0 Å². The van der Waals surface area contributed by atoms with E-state index in [4.69, 9.17) is 4.74 Å². The van der Waals surface area contributed by atoms with Gasteiger partial charge < -0.3 is 10.1 Å². The summed E-state index contributed by atoms with van der Waals surface area (Å²) < 4.78 is 6.77. The number of hydrogen-bond acceptors (Lipinski definition) is 5. The third-order valence-corrected chi connectivity index (χ3v) is 3.15. The van der Waals surface area contributed by atoms with Gasteiger partial charge in [-0.2, -0.15) is 14.6 Å². The number of aromatic nitrogens is 4. The molecule has 0 saturated heterocycles. The number of anilines is 1. The summed E-state index contributed by atoms with van der Waals surface area (Å²) in [7, 11) is 1.70. The van der Waals surface area contributed by atoms with Crippen molar-refractivity contribution in [3.05, 3.63) is 42.7 Å². The van der Waals surface area contributed by atoms with Crippen LogP contribution in [-0.2, 0) is 4.74 Å². The van der Waals surface area contributed by atoms with E-state index in [1.54, 1.807) is 11.6 Å². The molecule has 2 aromatic heterocycles. The molecular weight excluding hydrogens is 266 g/mol. The predicted molar refractivity (Wildman–Crippen MR) is 81.2 cm³/mol. The molecule has 108 valence electrons. The normalized spacial score (nSPS) is 10.9. The van der Waals surface area contributed by atoms with E-state index in [1.807, 2.05) is 36.4 Å². The first-order valence-electron chi connectivity index (χ1n) is 6.87. The fourth-order valence-electron chi connectivity index (χ4n) is 2.13. The second-order valence-corrected chi connectivity index (χ2v) is 4.64. The average Bonchev–Trinajstić information content (AvgIpc) is 3.01. The molecule has 1 N–H and O–H groups in total. The van der Waals surface area contributed by atoms with E-state index in [0.29, 0.717) is 5.78 Å². The molecule has 1 aromatic carbocycles. The van der Waals surface area contributed by atoms with Gasteiger partial charge in [-0.1, -0.05) is 30.3 Å². The highest BCUT2D eigenvalue weighted by Crippen LogP contribution is 2.21. The van der Waals surface area contributed by atoms with Crippen LogP contribution in [0.4, 0.5) is 5.82 Å². The number of nitrogens with zero attached hydrogens (tertiary/aromatic N) is 4. The standard InChI is InChI=1S/C15H17N5O/c1-21-9-5-8-16-14-10-13(12-6-3-2-4-7-12)19-15-17-11-18-20(14)15/h2-4,6-7,10-11,16H,5,8-9H2,1H3. The van der Waals surface area contributed by atoms with Crippen LogP contribution in [0.25, 0.3) is 17.0 Å². The molecule has 0 aliphatic heterocycles. The van der Waals surface area contributed by atoms with Gasteiger partial charge in [0.2, 0.25) is 0 Å². The number of hydrogen-bond donors (Lipinski definition) is 1. The van der Waals surface area contributed by atoms with Crippen LogP contribution in [0.1, 0.15) is 6.42 Å². The highest BCUT2D eigenvalue weighted by Gasteiger charge is 2.08. The number of fused-ring (bicyclic) bond motifs is 1. The molecule has 0 radical (unpaired) electrons. The molecule has 3 rings (SSSR count). The van der Waals surface area contributed by atoms with Crippen LogP contribution in [0.5, 0.6) is 0 Å². The summed E-state index contributed by atoms with van der Waals surface area (Å²) in [6.07, 6.45) is 2.44. The first kappa shape index (κ1) is 13.5. The molecule has 0 spiro atoms. The molecule has 0 saturated carbocycles. The molecule has 6 heteroatoms. The van der Waals surface area contributed by atoms with E-state index in [2.05, 4.69) is 20.4 Å². The summed E-state index contributed by atoms with van der Waals surface area (Å²) in [4.78, 5) is 8.72. The Labute approximate surface area is 122 Å². The maximum absolute atomic E-state index is 5.06. The van der Waals surface area contributed by atoms with Crippen molar-refractivity contribution in [2.75, 3.05) is 25.6 Å². The maximum Gasteiger partial charge on any atom is 0.254 e. The van der Waals surface area contributed by atoms with E-state index < -0.39 is 0 Å². The highest BCUT2D eigenvalue weighted by molar-refractivity contribution is 5.65. The lowest BCUT2D eigenvalue weighted by molar-refractivity contribution is 0.197. The van der Waals surface area contributed by atoms with Crippen LogP contribution >= 0.6 is 0 Å². The lowest BCUT2D eigenvalue weighted by Crippen LogP contribution is -2.09. The lowest BCUT2D eigenvalue weighted by atomic mass is 10.1. The third-order valence-electron chi connectivity index (χ3n) is 3.15. The largest absolute Gasteiger partial charge is 0.385 e. The zero-order chi connectivity index (χ0) is 14.5. The minimum atomic E-state index is 0.589. The Morgan fingerprint density at radius 1 is 1.24 bits per heavy atom. The first-order chi connectivity index (χ1) is 10.4. The van der Waals surface area contributed by atoms with Crippen LogP contribution in [0.3, 0.4) is 0 Å². The summed E-state index contributed by atoms with van der Waals surface area (Å²) in [5.41, 5.74) is 1.94. The fourth-order valence-corrected chi connectivity index (χ4v) is 2.13. The number of rotatable bonds is 6. The molecule has 0 unspecified atom stereocenters. The van der Waals surface area contributed by atoms with Gasteiger partial charge in [0.25, 0.3) is 5.78 Å². The molecule has 0 bridgehead atoms. The van der Waals surface area contributed by atoms with Gasteiger partial charge in [0, 0.05) is 31.9 Å². The quantitative estimate of drug-likeness (QED) is 0.703. The van der Waals surface area contributed by atoms with E-state index in [-0.39, 0.29) is 0 Å². The molecule has 6 nitrogen and oxygen atoms in total. The van der Waals surface area contributed by atoms with Gasteiger partial charge in [-0.25, -0.2) is 4.98 Å². The third kappa shape index (κ3) is 3.00. The monoisotopic (exact) mass is 283 g/mol. The minimum Gasteiger partial charge on any atom is -0.385 e. The summed E-state index contributed by atoms with van der Waals surface area (Å²) >= 11 is 0. The van der Waals surface area contributed by atoms with Gasteiger partial charge in [-0.05, 0) is 6.42 Å². The van der Waals surface area contributed by atoms with Crippen molar-refractivity contribution < 1.29 is 4.74 Å². The number of nitrogens with one attached hydrogen (secondary N) is 1. The van der Waals surface area contributed by atoms with E-state index in [9.17, 15) is 0 Å². The summed E-state index contributed by atoms with van der Waals surface area (Å²) in [5, 5.41) is 7.56. The Hall–Kier alpha value is -2.47. The van der Waals surface area contributed by atoms with Gasteiger partial charge >= 0.3 is 0 Å². The Bertz CT molecular complexity index is 710. The van der Waals surface area contributed by atoms with Gasteiger partial charge in [0.1, 0.15) is 12.1 Å². The van der Waals surface area contributed by atoms with E-state index in [0.717, 1.165) is 36.6 Å². The number of benzene rings is 1. The van der Waals surface area contributed by atoms with Crippen molar-refractivity contribution >= 4 is 11.6 Å². The number of methoxy groups -OCH3 is 1. The Morgan fingerprint density at radius 3 is 2.90 bits per heavy atom. The smallest absolute Gasteiger partial charge is 0.254 e. The molecule has 0 atom stereocenters.